The molecule has 2 aromatic rings. The second kappa shape index (κ2) is 5.23. The van der Waals surface area contributed by atoms with Crippen LogP contribution in [-0.2, 0) is 0 Å². The smallest absolute Gasteiger partial charge is 0.179 e. The Labute approximate surface area is 105 Å². The van der Waals surface area contributed by atoms with Crippen molar-refractivity contribution >= 4 is 28.3 Å². The lowest BCUT2D eigenvalue weighted by Gasteiger charge is -2.04. The Bertz CT molecular complexity index is 533. The molecular weight excluding hydrogens is 238 g/mol. The Kier molecular flexibility index (Phi) is 3.69. The van der Waals surface area contributed by atoms with Crippen molar-refractivity contribution in [1.29, 1.82) is 0 Å². The lowest BCUT2D eigenvalue weighted by atomic mass is 10.1. The van der Waals surface area contributed by atoms with Gasteiger partial charge in [-0.05, 0) is 24.6 Å². The van der Waals surface area contributed by atoms with Crippen molar-refractivity contribution in [1.82, 2.24) is 4.98 Å². The van der Waals surface area contributed by atoms with Crippen molar-refractivity contribution in [3.05, 3.63) is 30.0 Å². The summed E-state index contributed by atoms with van der Waals surface area (Å²) in [4.78, 5) is 14.7. The summed E-state index contributed by atoms with van der Waals surface area (Å²) in [6.07, 6.45) is 2.65. The van der Waals surface area contributed by atoms with Crippen LogP contribution >= 0.6 is 11.6 Å². The fourth-order valence-corrected chi connectivity index (χ4v) is 1.86. The number of carbonyl (C=O) groups excluding carboxylic acids is 1. The van der Waals surface area contributed by atoms with E-state index in [2.05, 4.69) is 11.9 Å². The van der Waals surface area contributed by atoms with E-state index in [0.29, 0.717) is 12.2 Å². The molecule has 1 N–H and O–H groups in total. The van der Waals surface area contributed by atoms with Crippen LogP contribution in [0.3, 0.4) is 0 Å². The number of aromatic amines is 1. The minimum atomic E-state index is -0.0782. The Balaban J connectivity index is 2.39. The third kappa shape index (κ3) is 2.44. The molecule has 0 unspecified atom stereocenters. The van der Waals surface area contributed by atoms with Crippen LogP contribution in [0, 0.1) is 0 Å². The number of hydrogen-bond donors (Lipinski definition) is 1. The summed E-state index contributed by atoms with van der Waals surface area (Å²) < 4.78 is 5.54. The highest BCUT2D eigenvalue weighted by Crippen LogP contribution is 2.24. The number of hydrogen-bond acceptors (Lipinski definition) is 2. The van der Waals surface area contributed by atoms with Crippen molar-refractivity contribution in [3.63, 3.8) is 0 Å². The van der Waals surface area contributed by atoms with E-state index in [-0.39, 0.29) is 11.7 Å². The van der Waals surface area contributed by atoms with E-state index in [1.807, 2.05) is 18.2 Å². The van der Waals surface area contributed by atoms with Gasteiger partial charge in [-0.3, -0.25) is 4.79 Å². The number of benzene rings is 1. The van der Waals surface area contributed by atoms with Gasteiger partial charge in [0.25, 0.3) is 0 Å². The summed E-state index contributed by atoms with van der Waals surface area (Å²) in [5.41, 5.74) is 1.54. The molecule has 0 spiro atoms. The minimum absolute atomic E-state index is 0.00695. The highest BCUT2D eigenvalue weighted by Gasteiger charge is 2.11. The number of ether oxygens (including phenoxy) is 1. The Morgan fingerprint density at radius 3 is 3.00 bits per heavy atom. The number of carbonyl (C=O) groups is 1. The number of ketones is 1. The standard InChI is InChI=1S/C13H14ClNO2/c1-2-5-17-9-3-4-12-10(6-9)11(8-15-12)13(16)7-14/h3-4,6,8,15H,2,5,7H2,1H3. The molecule has 17 heavy (non-hydrogen) atoms. The van der Waals surface area contributed by atoms with Gasteiger partial charge in [-0.2, -0.15) is 0 Å². The first-order chi connectivity index (χ1) is 8.26. The molecule has 4 heteroatoms. The summed E-state index contributed by atoms with van der Waals surface area (Å²) in [5, 5.41) is 0.865. The lowest BCUT2D eigenvalue weighted by Crippen LogP contribution is -1.99. The summed E-state index contributed by atoms with van der Waals surface area (Å²) in [6.45, 7) is 2.73. The molecule has 0 aliphatic heterocycles. The topological polar surface area (TPSA) is 42.1 Å². The van der Waals surface area contributed by atoms with Crippen molar-refractivity contribution in [2.75, 3.05) is 12.5 Å². The maximum atomic E-state index is 11.6. The van der Waals surface area contributed by atoms with Crippen LogP contribution in [0.4, 0.5) is 0 Å². The zero-order chi connectivity index (χ0) is 12.3. The van der Waals surface area contributed by atoms with Gasteiger partial charge in [-0.1, -0.05) is 6.92 Å². The monoisotopic (exact) mass is 251 g/mol. The van der Waals surface area contributed by atoms with Crippen molar-refractivity contribution in [2.45, 2.75) is 13.3 Å². The van der Waals surface area contributed by atoms with Crippen LogP contribution in [0.5, 0.6) is 5.75 Å². The molecule has 0 saturated carbocycles. The van der Waals surface area contributed by atoms with E-state index >= 15 is 0 Å². The highest BCUT2D eigenvalue weighted by atomic mass is 35.5. The van der Waals surface area contributed by atoms with E-state index in [9.17, 15) is 4.79 Å². The first-order valence-electron chi connectivity index (χ1n) is 5.59. The average molecular weight is 252 g/mol. The average Bonchev–Trinajstić information content (AvgIpc) is 2.78. The molecule has 0 radical (unpaired) electrons. The number of Topliss-reactive ketones (excluding diaryl/α,β-unsaturated/α-hetero) is 1. The van der Waals surface area contributed by atoms with E-state index in [1.165, 1.54) is 0 Å². The first-order valence-corrected chi connectivity index (χ1v) is 6.12. The third-order valence-electron chi connectivity index (χ3n) is 2.55. The third-order valence-corrected chi connectivity index (χ3v) is 2.79. The summed E-state index contributed by atoms with van der Waals surface area (Å²) in [5.74, 6) is 0.695. The second-order valence-electron chi connectivity index (χ2n) is 3.82. The van der Waals surface area contributed by atoms with E-state index in [0.717, 1.165) is 23.1 Å². The number of rotatable bonds is 5. The maximum absolute atomic E-state index is 11.6. The van der Waals surface area contributed by atoms with E-state index < -0.39 is 0 Å². The first kappa shape index (κ1) is 12.0. The highest BCUT2D eigenvalue weighted by molar-refractivity contribution is 6.32. The normalized spacial score (nSPS) is 10.7. The van der Waals surface area contributed by atoms with Crippen molar-refractivity contribution in [2.24, 2.45) is 0 Å². The minimum Gasteiger partial charge on any atom is -0.494 e. The largest absolute Gasteiger partial charge is 0.494 e. The number of alkyl halides is 1. The lowest BCUT2D eigenvalue weighted by molar-refractivity contribution is 0.102. The molecule has 3 nitrogen and oxygen atoms in total. The predicted molar refractivity (Wildman–Crippen MR) is 69.1 cm³/mol. The van der Waals surface area contributed by atoms with Crippen LogP contribution in [0.2, 0.25) is 0 Å². The molecule has 90 valence electrons. The van der Waals surface area contributed by atoms with Gasteiger partial charge < -0.3 is 9.72 Å². The van der Waals surface area contributed by atoms with Gasteiger partial charge in [0.05, 0.1) is 12.5 Å². The molecule has 1 heterocycles. The number of aromatic nitrogens is 1. The number of nitrogens with one attached hydrogen (secondary N) is 1. The molecule has 0 atom stereocenters. The van der Waals surface area contributed by atoms with E-state index in [1.54, 1.807) is 6.20 Å². The Morgan fingerprint density at radius 2 is 2.29 bits per heavy atom. The Hall–Kier alpha value is -1.48. The van der Waals surface area contributed by atoms with Gasteiger partial charge in [-0.15, -0.1) is 11.6 Å². The van der Waals surface area contributed by atoms with Gasteiger partial charge in [0.2, 0.25) is 0 Å². The summed E-state index contributed by atoms with van der Waals surface area (Å²) in [7, 11) is 0. The quantitative estimate of drug-likeness (QED) is 0.654. The van der Waals surface area contributed by atoms with Crippen molar-refractivity contribution in [3.8, 4) is 5.75 Å². The summed E-state index contributed by atoms with van der Waals surface area (Å²) in [6, 6.07) is 5.68. The zero-order valence-electron chi connectivity index (χ0n) is 9.63. The van der Waals surface area contributed by atoms with Gasteiger partial charge >= 0.3 is 0 Å². The summed E-state index contributed by atoms with van der Waals surface area (Å²) >= 11 is 5.57. The number of H-pyrrole nitrogens is 1. The molecule has 0 saturated heterocycles. The molecular formula is C13H14ClNO2. The number of halogens is 1. The second-order valence-corrected chi connectivity index (χ2v) is 4.08. The molecule has 0 aliphatic carbocycles. The number of fused-ring (bicyclic) bond motifs is 1. The van der Waals surface area contributed by atoms with Gasteiger partial charge in [-0.25, -0.2) is 0 Å². The molecule has 1 aromatic heterocycles. The fourth-order valence-electron chi connectivity index (χ4n) is 1.71. The van der Waals surface area contributed by atoms with Crippen molar-refractivity contribution < 1.29 is 9.53 Å². The Morgan fingerprint density at radius 1 is 1.47 bits per heavy atom. The predicted octanol–water partition coefficient (Wildman–Crippen LogP) is 3.38. The van der Waals surface area contributed by atoms with Gasteiger partial charge in [0, 0.05) is 22.7 Å². The van der Waals surface area contributed by atoms with Gasteiger partial charge in [0.15, 0.2) is 5.78 Å². The molecule has 2 rings (SSSR count). The molecule has 0 aliphatic rings. The van der Waals surface area contributed by atoms with E-state index in [4.69, 9.17) is 16.3 Å². The molecule has 0 fully saturated rings. The van der Waals surface area contributed by atoms with Crippen LogP contribution in [-0.4, -0.2) is 23.3 Å². The van der Waals surface area contributed by atoms with Crippen LogP contribution in [0.1, 0.15) is 23.7 Å². The molecule has 0 amide bonds. The molecule has 1 aromatic carbocycles. The van der Waals surface area contributed by atoms with Crippen LogP contribution in [0.25, 0.3) is 10.9 Å². The van der Waals surface area contributed by atoms with Crippen LogP contribution < -0.4 is 4.74 Å². The fraction of sp³-hybridized carbons (Fsp3) is 0.308. The molecule has 0 bridgehead atoms. The SMILES string of the molecule is CCCOc1ccc2[nH]cc(C(=O)CCl)c2c1. The maximum Gasteiger partial charge on any atom is 0.179 e. The van der Waals surface area contributed by atoms with Gasteiger partial charge in [0.1, 0.15) is 5.75 Å². The zero-order valence-corrected chi connectivity index (χ0v) is 10.4. The van der Waals surface area contributed by atoms with Crippen LogP contribution in [0.15, 0.2) is 24.4 Å².